The van der Waals surface area contributed by atoms with E-state index >= 15 is 0 Å². The lowest BCUT2D eigenvalue weighted by Crippen LogP contribution is -2.50. The number of halogens is 2. The molecule has 3 aromatic rings. The first-order valence-electron chi connectivity index (χ1n) is 15.2. The summed E-state index contributed by atoms with van der Waals surface area (Å²) in [7, 11) is 0. The molecule has 0 spiro atoms. The van der Waals surface area contributed by atoms with Gasteiger partial charge in [-0.1, -0.05) is 24.3 Å². The van der Waals surface area contributed by atoms with Crippen molar-refractivity contribution in [3.05, 3.63) is 95.3 Å². The molecular weight excluding hydrogens is 584 g/mol. The van der Waals surface area contributed by atoms with Crippen LogP contribution in [0.15, 0.2) is 67.0 Å². The van der Waals surface area contributed by atoms with E-state index in [4.69, 9.17) is 19.9 Å². The quantitative estimate of drug-likeness (QED) is 0.254. The van der Waals surface area contributed by atoms with E-state index in [0.717, 1.165) is 25.0 Å². The molecule has 12 heteroatoms. The molecule has 240 valence electrons. The lowest BCUT2D eigenvalue weighted by Gasteiger charge is -2.30. The van der Waals surface area contributed by atoms with Crippen molar-refractivity contribution >= 4 is 17.7 Å². The number of nitrogens with one attached hydrogen (secondary N) is 3. The van der Waals surface area contributed by atoms with Crippen LogP contribution in [0.25, 0.3) is 0 Å². The minimum atomic E-state index is -1.06. The predicted molar refractivity (Wildman–Crippen MR) is 164 cm³/mol. The van der Waals surface area contributed by atoms with Gasteiger partial charge in [-0.3, -0.25) is 9.78 Å². The zero-order valence-electron chi connectivity index (χ0n) is 24.9. The molecule has 2 saturated heterocycles. The van der Waals surface area contributed by atoms with Crippen LogP contribution in [0.5, 0.6) is 0 Å². The van der Waals surface area contributed by atoms with Crippen molar-refractivity contribution in [1.29, 1.82) is 0 Å². The monoisotopic (exact) mass is 623 g/mol. The highest BCUT2D eigenvalue weighted by Crippen LogP contribution is 2.29. The van der Waals surface area contributed by atoms with Crippen LogP contribution < -0.4 is 21.7 Å². The summed E-state index contributed by atoms with van der Waals surface area (Å²) in [5.74, 6) is -1.92. The number of hydrogen-bond donors (Lipinski definition) is 4. The number of carbonyl (C=O) groups is 2. The molecule has 0 radical (unpaired) electrons. The van der Waals surface area contributed by atoms with Gasteiger partial charge in [0.2, 0.25) is 5.91 Å². The van der Waals surface area contributed by atoms with Gasteiger partial charge in [-0.15, -0.1) is 0 Å². The van der Waals surface area contributed by atoms with E-state index in [-0.39, 0.29) is 24.8 Å². The highest BCUT2D eigenvalue weighted by molar-refractivity contribution is 5.96. The molecule has 0 aliphatic carbocycles. The maximum absolute atomic E-state index is 13.7. The molecule has 2 aliphatic heterocycles. The average molecular weight is 624 g/mol. The summed E-state index contributed by atoms with van der Waals surface area (Å²) in [6.45, 7) is 2.41. The molecule has 10 nitrogen and oxygen atoms in total. The number of alkyl carbamates (subject to hydrolysis) is 1. The Kier molecular flexibility index (Phi) is 11.4. The fourth-order valence-electron chi connectivity index (χ4n) is 5.58. The molecule has 5 N–H and O–H groups in total. The van der Waals surface area contributed by atoms with Crippen LogP contribution in [-0.2, 0) is 25.4 Å². The standard InChI is InChI=1S/C33H39F2N5O5/c34-24-8-3-22(4-9-24)30(23-5-10-25(35)11-6-23)31(36)32(41)40-29-17-37-14-13-21(29)7-12-28-16-38-27(19-44-28)20-45-33(42)39-26-2-1-15-43-18-26/h3-6,8-11,13-14,17,26-28,30-31,38H,1-2,7,12,15-16,18-20,36H2,(H,39,42)(H,40,41)/t26?,27-,28+,31-/m0/s1. The number of hydrogen-bond acceptors (Lipinski definition) is 8. The number of rotatable bonds is 11. The van der Waals surface area contributed by atoms with Crippen molar-refractivity contribution in [3.63, 3.8) is 0 Å². The SMILES string of the molecule is N[C@H](C(=O)Nc1cnccc1CC[C@@H]1CN[C@H](COC(=O)NC2CCCOC2)CO1)C(c1ccc(F)cc1)c1ccc(F)cc1. The normalized spacial score (nSPS) is 20.8. The Balaban J connectivity index is 1.13. The summed E-state index contributed by atoms with van der Waals surface area (Å²) in [4.78, 5) is 29.7. The van der Waals surface area contributed by atoms with Gasteiger partial charge in [-0.05, 0) is 72.7 Å². The summed E-state index contributed by atoms with van der Waals surface area (Å²) >= 11 is 0. The zero-order chi connectivity index (χ0) is 31.6. The number of benzene rings is 2. The third kappa shape index (κ3) is 9.27. The maximum Gasteiger partial charge on any atom is 0.407 e. The van der Waals surface area contributed by atoms with E-state index in [9.17, 15) is 18.4 Å². The van der Waals surface area contributed by atoms with Gasteiger partial charge in [-0.2, -0.15) is 0 Å². The first-order valence-corrected chi connectivity index (χ1v) is 15.2. The number of nitrogens with zero attached hydrogens (tertiary/aromatic N) is 1. The summed E-state index contributed by atoms with van der Waals surface area (Å²) < 4.78 is 44.1. The Bertz CT molecular complexity index is 1350. The molecule has 2 fully saturated rings. The van der Waals surface area contributed by atoms with Gasteiger partial charge in [0, 0.05) is 25.3 Å². The number of anilines is 1. The summed E-state index contributed by atoms with van der Waals surface area (Å²) in [6.07, 6.45) is 5.77. The van der Waals surface area contributed by atoms with E-state index in [0.29, 0.717) is 49.4 Å². The van der Waals surface area contributed by atoms with Crippen LogP contribution in [0.4, 0.5) is 19.3 Å². The second-order valence-electron chi connectivity index (χ2n) is 11.4. The van der Waals surface area contributed by atoms with Gasteiger partial charge < -0.3 is 35.9 Å². The first kappa shape index (κ1) is 32.4. The first-order chi connectivity index (χ1) is 21.9. The molecule has 5 rings (SSSR count). The Labute approximate surface area is 261 Å². The number of amides is 2. The number of aryl methyl sites for hydroxylation is 1. The van der Waals surface area contributed by atoms with Crippen molar-refractivity contribution in [2.45, 2.75) is 55.8 Å². The van der Waals surface area contributed by atoms with Crippen molar-refractivity contribution in [1.82, 2.24) is 15.6 Å². The van der Waals surface area contributed by atoms with Crippen molar-refractivity contribution in [3.8, 4) is 0 Å². The molecule has 0 saturated carbocycles. The fraction of sp³-hybridized carbons (Fsp3) is 0.424. The highest BCUT2D eigenvalue weighted by Gasteiger charge is 2.29. The van der Waals surface area contributed by atoms with E-state index in [1.807, 2.05) is 6.07 Å². The predicted octanol–water partition coefficient (Wildman–Crippen LogP) is 3.65. The summed E-state index contributed by atoms with van der Waals surface area (Å²) in [6, 6.07) is 12.2. The van der Waals surface area contributed by atoms with Crippen LogP contribution in [0.3, 0.4) is 0 Å². The number of ether oxygens (including phenoxy) is 3. The summed E-state index contributed by atoms with van der Waals surface area (Å²) in [5.41, 5.74) is 9.15. The molecule has 0 bridgehead atoms. The Morgan fingerprint density at radius 1 is 1.04 bits per heavy atom. The molecule has 3 heterocycles. The van der Waals surface area contributed by atoms with E-state index in [1.165, 1.54) is 24.3 Å². The van der Waals surface area contributed by atoms with Gasteiger partial charge in [0.25, 0.3) is 0 Å². The van der Waals surface area contributed by atoms with Crippen LogP contribution in [-0.4, -0.2) is 74.2 Å². The number of nitrogens with two attached hydrogens (primary N) is 1. The minimum absolute atomic E-state index is 0.0178. The molecule has 2 aromatic carbocycles. The van der Waals surface area contributed by atoms with Gasteiger partial charge >= 0.3 is 6.09 Å². The molecule has 1 unspecified atom stereocenters. The van der Waals surface area contributed by atoms with Crippen molar-refractivity contribution < 1.29 is 32.6 Å². The van der Waals surface area contributed by atoms with Crippen LogP contribution in [0, 0.1) is 11.6 Å². The van der Waals surface area contributed by atoms with Crippen LogP contribution in [0.2, 0.25) is 0 Å². The highest BCUT2D eigenvalue weighted by atomic mass is 19.1. The third-order valence-electron chi connectivity index (χ3n) is 8.09. The average Bonchev–Trinajstić information content (AvgIpc) is 3.06. The van der Waals surface area contributed by atoms with Crippen LogP contribution in [0.1, 0.15) is 41.9 Å². The number of morpholine rings is 1. The number of aromatic nitrogens is 1. The summed E-state index contributed by atoms with van der Waals surface area (Å²) in [5, 5.41) is 9.12. The fourth-order valence-corrected chi connectivity index (χ4v) is 5.58. The molecule has 2 aliphatic rings. The number of carbonyl (C=O) groups excluding carboxylic acids is 2. The van der Waals surface area contributed by atoms with Gasteiger partial charge in [0.1, 0.15) is 18.2 Å². The lowest BCUT2D eigenvalue weighted by molar-refractivity contribution is -0.117. The van der Waals surface area contributed by atoms with E-state index in [1.54, 1.807) is 36.7 Å². The van der Waals surface area contributed by atoms with Gasteiger partial charge in [0.15, 0.2) is 0 Å². The second-order valence-corrected chi connectivity index (χ2v) is 11.4. The molecule has 2 amide bonds. The van der Waals surface area contributed by atoms with Gasteiger partial charge in [0.05, 0.1) is 49.3 Å². The maximum atomic E-state index is 13.7. The molecule has 4 atom stereocenters. The lowest BCUT2D eigenvalue weighted by atomic mass is 9.85. The molecular formula is C33H39F2N5O5. The second kappa shape index (κ2) is 15.8. The zero-order valence-corrected chi connectivity index (χ0v) is 24.9. The van der Waals surface area contributed by atoms with Gasteiger partial charge in [-0.25, -0.2) is 13.6 Å². The molecule has 45 heavy (non-hydrogen) atoms. The minimum Gasteiger partial charge on any atom is -0.448 e. The van der Waals surface area contributed by atoms with Crippen LogP contribution >= 0.6 is 0 Å². The Morgan fingerprint density at radius 3 is 2.38 bits per heavy atom. The smallest absolute Gasteiger partial charge is 0.407 e. The van der Waals surface area contributed by atoms with Crippen molar-refractivity contribution in [2.75, 3.05) is 38.3 Å². The van der Waals surface area contributed by atoms with E-state index in [2.05, 4.69) is 20.9 Å². The number of pyridine rings is 1. The topological polar surface area (TPSA) is 137 Å². The van der Waals surface area contributed by atoms with Crippen molar-refractivity contribution in [2.24, 2.45) is 5.73 Å². The largest absolute Gasteiger partial charge is 0.448 e. The third-order valence-corrected chi connectivity index (χ3v) is 8.09. The molecule has 1 aromatic heterocycles. The van der Waals surface area contributed by atoms with E-state index < -0.39 is 35.6 Å². The Hall–Kier alpha value is -3.97. The Morgan fingerprint density at radius 2 is 1.76 bits per heavy atom.